The third-order valence-corrected chi connectivity index (χ3v) is 5.58. The van der Waals surface area contributed by atoms with Crippen molar-refractivity contribution in [3.8, 4) is 11.5 Å². The summed E-state index contributed by atoms with van der Waals surface area (Å²) >= 11 is 0. The summed E-state index contributed by atoms with van der Waals surface area (Å²) in [5.41, 5.74) is 5.75. The lowest BCUT2D eigenvalue weighted by Gasteiger charge is -2.12. The van der Waals surface area contributed by atoms with Crippen LogP contribution in [0.3, 0.4) is 0 Å². The molecule has 0 radical (unpaired) electrons. The summed E-state index contributed by atoms with van der Waals surface area (Å²) in [4.78, 5) is 9.07. The Labute approximate surface area is 188 Å². The summed E-state index contributed by atoms with van der Waals surface area (Å²) in [7, 11) is 0. The molecule has 2 heterocycles. The fraction of sp³-hybridized carbons (Fsp3) is 0.308. The highest BCUT2D eigenvalue weighted by molar-refractivity contribution is 5.93. The van der Waals surface area contributed by atoms with Gasteiger partial charge in [0, 0.05) is 46.6 Å². The number of benzene rings is 2. The number of aromatic hydroxyl groups is 2. The van der Waals surface area contributed by atoms with Crippen LogP contribution in [0.4, 0.5) is 11.4 Å². The Hall–Kier alpha value is -3.54. The number of nitrogens with one attached hydrogen (secondary N) is 2. The molecule has 0 atom stereocenters. The van der Waals surface area contributed by atoms with Crippen LogP contribution in [0, 0.1) is 13.8 Å². The van der Waals surface area contributed by atoms with Crippen LogP contribution < -0.4 is 10.6 Å². The maximum absolute atomic E-state index is 9.81. The Kier molecular flexibility index (Phi) is 6.59. The van der Waals surface area contributed by atoms with Crippen molar-refractivity contribution >= 4 is 33.2 Å². The number of aryl methyl sites for hydroxylation is 2. The zero-order chi connectivity index (χ0) is 22.5. The normalized spacial score (nSPS) is 11.2. The molecule has 0 unspecified atom stereocenters. The summed E-state index contributed by atoms with van der Waals surface area (Å²) in [5.74, 6) is 0.511. The van der Waals surface area contributed by atoms with Crippen molar-refractivity contribution in [3.05, 3.63) is 59.9 Å². The third kappa shape index (κ3) is 5.19. The van der Waals surface area contributed by atoms with Crippen molar-refractivity contribution in [2.75, 3.05) is 23.7 Å². The van der Waals surface area contributed by atoms with E-state index in [1.807, 2.05) is 38.1 Å². The van der Waals surface area contributed by atoms with Gasteiger partial charge in [0.25, 0.3) is 0 Å². The van der Waals surface area contributed by atoms with Crippen molar-refractivity contribution < 1.29 is 10.2 Å². The molecule has 0 aliphatic carbocycles. The number of unbranched alkanes of at least 4 members (excludes halogenated alkanes) is 3. The van der Waals surface area contributed by atoms with Crippen LogP contribution in [0.5, 0.6) is 11.5 Å². The molecule has 0 saturated heterocycles. The van der Waals surface area contributed by atoms with Crippen molar-refractivity contribution in [1.29, 1.82) is 0 Å². The summed E-state index contributed by atoms with van der Waals surface area (Å²) < 4.78 is 0. The second-order valence-corrected chi connectivity index (χ2v) is 8.29. The summed E-state index contributed by atoms with van der Waals surface area (Å²) in [6.07, 6.45) is 4.43. The van der Waals surface area contributed by atoms with Crippen LogP contribution in [0.1, 0.15) is 37.1 Å². The summed E-state index contributed by atoms with van der Waals surface area (Å²) in [6, 6.07) is 14.6. The molecule has 4 aromatic rings. The number of aromatic nitrogens is 2. The van der Waals surface area contributed by atoms with Gasteiger partial charge in [0.05, 0.1) is 11.0 Å². The van der Waals surface area contributed by atoms with Crippen LogP contribution in [0.15, 0.2) is 48.5 Å². The number of fused-ring (bicyclic) bond motifs is 2. The predicted octanol–water partition coefficient (Wildman–Crippen LogP) is 5.90. The fourth-order valence-corrected chi connectivity index (χ4v) is 4.03. The first-order valence-corrected chi connectivity index (χ1v) is 11.2. The number of anilines is 2. The Morgan fingerprint density at radius 2 is 1.06 bits per heavy atom. The Balaban J connectivity index is 1.23. The Morgan fingerprint density at radius 3 is 1.50 bits per heavy atom. The monoisotopic (exact) mass is 430 g/mol. The van der Waals surface area contributed by atoms with Gasteiger partial charge in [0.15, 0.2) is 0 Å². The van der Waals surface area contributed by atoms with E-state index in [1.165, 1.54) is 0 Å². The van der Waals surface area contributed by atoms with Crippen LogP contribution in [0.2, 0.25) is 0 Å². The lowest BCUT2D eigenvalue weighted by Crippen LogP contribution is -2.05. The smallest absolute Gasteiger partial charge is 0.116 e. The molecule has 4 rings (SSSR count). The van der Waals surface area contributed by atoms with Gasteiger partial charge < -0.3 is 20.8 Å². The molecule has 166 valence electrons. The number of rotatable bonds is 9. The lowest BCUT2D eigenvalue weighted by molar-refractivity contribution is 0.475. The quantitative estimate of drug-likeness (QED) is 0.247. The zero-order valence-electron chi connectivity index (χ0n) is 18.7. The van der Waals surface area contributed by atoms with Gasteiger partial charge in [0.1, 0.15) is 11.5 Å². The molecule has 0 bridgehead atoms. The van der Waals surface area contributed by atoms with Gasteiger partial charge in [-0.3, -0.25) is 9.97 Å². The fourth-order valence-electron chi connectivity index (χ4n) is 4.03. The van der Waals surface area contributed by atoms with Crippen molar-refractivity contribution in [2.45, 2.75) is 39.5 Å². The van der Waals surface area contributed by atoms with Gasteiger partial charge in [0.2, 0.25) is 0 Å². The van der Waals surface area contributed by atoms with Crippen LogP contribution in [-0.4, -0.2) is 33.3 Å². The molecule has 32 heavy (non-hydrogen) atoms. The number of phenolic OH excluding ortho intramolecular Hbond substituents is 2. The molecule has 0 aliphatic rings. The van der Waals surface area contributed by atoms with E-state index in [4.69, 9.17) is 0 Å². The summed E-state index contributed by atoms with van der Waals surface area (Å²) in [5, 5.41) is 28.5. The second kappa shape index (κ2) is 9.73. The van der Waals surface area contributed by atoms with E-state index in [2.05, 4.69) is 20.6 Å². The average molecular weight is 431 g/mol. The predicted molar refractivity (Wildman–Crippen MR) is 132 cm³/mol. The maximum Gasteiger partial charge on any atom is 0.116 e. The van der Waals surface area contributed by atoms with Gasteiger partial charge in [-0.2, -0.15) is 0 Å². The van der Waals surface area contributed by atoms with Gasteiger partial charge in [-0.15, -0.1) is 0 Å². The SMILES string of the molecule is Cc1cc(NCCCCCCNc2cc(C)nc3ccc(O)cc23)c2cc(O)ccc2n1. The Morgan fingerprint density at radius 1 is 0.625 bits per heavy atom. The average Bonchev–Trinajstić information content (AvgIpc) is 2.76. The van der Waals surface area contributed by atoms with E-state index < -0.39 is 0 Å². The highest BCUT2D eigenvalue weighted by Crippen LogP contribution is 2.28. The molecular formula is C26H30N4O2. The van der Waals surface area contributed by atoms with Gasteiger partial charge >= 0.3 is 0 Å². The van der Waals surface area contributed by atoms with E-state index in [9.17, 15) is 10.2 Å². The van der Waals surface area contributed by atoms with E-state index in [1.54, 1.807) is 24.3 Å². The minimum absolute atomic E-state index is 0.256. The highest BCUT2D eigenvalue weighted by Gasteiger charge is 2.06. The number of pyridine rings is 2. The number of phenols is 2. The van der Waals surface area contributed by atoms with Crippen LogP contribution in [-0.2, 0) is 0 Å². The Bertz CT molecular complexity index is 1140. The third-order valence-electron chi connectivity index (χ3n) is 5.58. The molecule has 6 nitrogen and oxygen atoms in total. The second-order valence-electron chi connectivity index (χ2n) is 8.29. The lowest BCUT2D eigenvalue weighted by atomic mass is 10.1. The molecule has 0 amide bonds. The van der Waals surface area contributed by atoms with E-state index >= 15 is 0 Å². The zero-order valence-corrected chi connectivity index (χ0v) is 18.7. The number of hydrogen-bond acceptors (Lipinski definition) is 6. The van der Waals surface area contributed by atoms with E-state index in [-0.39, 0.29) is 11.5 Å². The topological polar surface area (TPSA) is 90.3 Å². The van der Waals surface area contributed by atoms with Crippen molar-refractivity contribution in [1.82, 2.24) is 9.97 Å². The largest absolute Gasteiger partial charge is 0.508 e. The molecule has 0 saturated carbocycles. The minimum atomic E-state index is 0.256. The molecule has 0 aliphatic heterocycles. The van der Waals surface area contributed by atoms with E-state index in [0.717, 1.165) is 83.3 Å². The van der Waals surface area contributed by atoms with Crippen LogP contribution >= 0.6 is 0 Å². The standard InChI is InChI=1S/C26H30N4O2/c1-17-13-25(21-15-19(31)7-9-23(21)29-17)27-11-5-3-4-6-12-28-26-14-18(2)30-24-10-8-20(32)16-22(24)26/h7-10,13-16,31-32H,3-6,11-12H2,1-2H3,(H,27,29)(H,28,30). The van der Waals surface area contributed by atoms with E-state index in [0.29, 0.717) is 0 Å². The number of nitrogens with zero attached hydrogens (tertiary/aromatic N) is 2. The summed E-state index contributed by atoms with van der Waals surface area (Å²) in [6.45, 7) is 5.74. The van der Waals surface area contributed by atoms with Crippen molar-refractivity contribution in [2.24, 2.45) is 0 Å². The molecule has 2 aromatic heterocycles. The molecule has 6 heteroatoms. The molecule has 4 N–H and O–H groups in total. The minimum Gasteiger partial charge on any atom is -0.508 e. The molecule has 0 fully saturated rings. The molecular weight excluding hydrogens is 400 g/mol. The first-order chi connectivity index (χ1) is 15.5. The first kappa shape index (κ1) is 21.7. The number of hydrogen-bond donors (Lipinski definition) is 4. The van der Waals surface area contributed by atoms with Gasteiger partial charge in [-0.05, 0) is 75.2 Å². The van der Waals surface area contributed by atoms with Crippen LogP contribution in [0.25, 0.3) is 21.8 Å². The highest BCUT2D eigenvalue weighted by atomic mass is 16.3. The maximum atomic E-state index is 9.81. The molecule has 2 aromatic carbocycles. The van der Waals surface area contributed by atoms with Gasteiger partial charge in [-0.1, -0.05) is 12.8 Å². The van der Waals surface area contributed by atoms with Crippen molar-refractivity contribution in [3.63, 3.8) is 0 Å². The molecule has 0 spiro atoms. The first-order valence-electron chi connectivity index (χ1n) is 11.2. The van der Waals surface area contributed by atoms with Gasteiger partial charge in [-0.25, -0.2) is 0 Å².